The minimum Gasteiger partial charge on any atom is -0.457 e. The lowest BCUT2D eigenvalue weighted by Gasteiger charge is -2.38. The molecule has 0 aliphatic carbocycles. The van der Waals surface area contributed by atoms with Crippen LogP contribution in [0.1, 0.15) is 11.1 Å². The van der Waals surface area contributed by atoms with Crippen LogP contribution in [0.5, 0.6) is 11.5 Å². The lowest BCUT2D eigenvalue weighted by molar-refractivity contribution is -0.0461. The van der Waals surface area contributed by atoms with Gasteiger partial charge < -0.3 is 25.4 Å². The summed E-state index contributed by atoms with van der Waals surface area (Å²) in [5, 5.41) is 4.63. The van der Waals surface area contributed by atoms with Crippen molar-refractivity contribution in [3.8, 4) is 11.5 Å². The van der Waals surface area contributed by atoms with Gasteiger partial charge in [-0.25, -0.2) is 4.98 Å². The smallest absolute Gasteiger partial charge is 0.131 e. The summed E-state index contributed by atoms with van der Waals surface area (Å²) in [7, 11) is -1.14. The Bertz CT molecular complexity index is 1470. The molecular formula is C29H30N4O3S. The van der Waals surface area contributed by atoms with Gasteiger partial charge in [0.1, 0.15) is 17.3 Å². The zero-order valence-corrected chi connectivity index (χ0v) is 21.6. The predicted molar refractivity (Wildman–Crippen MR) is 148 cm³/mol. The molecule has 8 heteroatoms. The summed E-state index contributed by atoms with van der Waals surface area (Å²) in [6.45, 7) is 5.06. The molecule has 4 aromatic rings. The molecule has 1 atom stereocenters. The summed E-state index contributed by atoms with van der Waals surface area (Å²) in [6.07, 6.45) is 0. The number of aryl methyl sites for hydroxylation is 1. The number of hydrogen-bond acceptors (Lipinski definition) is 7. The van der Waals surface area contributed by atoms with Crippen molar-refractivity contribution in [2.75, 3.05) is 42.3 Å². The van der Waals surface area contributed by atoms with Gasteiger partial charge in [-0.05, 0) is 48.9 Å². The largest absolute Gasteiger partial charge is 0.457 e. The molecule has 3 heterocycles. The molecule has 6 rings (SSSR count). The van der Waals surface area contributed by atoms with Crippen LogP contribution in [0, 0.1) is 6.92 Å². The molecule has 2 aliphatic heterocycles. The first-order valence-electron chi connectivity index (χ1n) is 12.5. The molecule has 1 fully saturated rings. The third-order valence-corrected chi connectivity index (χ3v) is 8.28. The van der Waals surface area contributed by atoms with Crippen molar-refractivity contribution in [3.63, 3.8) is 0 Å². The third-order valence-electron chi connectivity index (χ3n) is 6.86. The summed E-state index contributed by atoms with van der Waals surface area (Å²) < 4.78 is 24.6. The van der Waals surface area contributed by atoms with Crippen LogP contribution in [0.15, 0.2) is 77.7 Å². The van der Waals surface area contributed by atoms with Gasteiger partial charge in [0.15, 0.2) is 0 Å². The lowest BCUT2D eigenvalue weighted by Crippen LogP contribution is -2.61. The van der Waals surface area contributed by atoms with E-state index in [0.29, 0.717) is 44.4 Å². The number of benzene rings is 3. The van der Waals surface area contributed by atoms with Gasteiger partial charge in [-0.1, -0.05) is 35.9 Å². The van der Waals surface area contributed by atoms with Crippen LogP contribution in [0.2, 0.25) is 0 Å². The lowest BCUT2D eigenvalue weighted by atomic mass is 9.99. The molecule has 0 spiro atoms. The van der Waals surface area contributed by atoms with Crippen molar-refractivity contribution in [1.29, 1.82) is 0 Å². The SMILES string of the molecule is Cc1ccc2nc(N3CCS(=O)c4cc(Oc5ccccc5)ccc4C3)cc(NCC3(N)COC3)c2c1. The fourth-order valence-corrected chi connectivity index (χ4v) is 6.00. The average molecular weight is 515 g/mol. The normalized spacial score (nSPS) is 18.5. The van der Waals surface area contributed by atoms with E-state index in [2.05, 4.69) is 41.4 Å². The van der Waals surface area contributed by atoms with Gasteiger partial charge in [0, 0.05) is 47.4 Å². The van der Waals surface area contributed by atoms with Gasteiger partial charge in [-0.2, -0.15) is 0 Å². The number of fused-ring (bicyclic) bond motifs is 2. The Morgan fingerprint density at radius 3 is 2.70 bits per heavy atom. The Hall–Kier alpha value is -3.46. The third kappa shape index (κ3) is 5.05. The Morgan fingerprint density at radius 1 is 1.08 bits per heavy atom. The van der Waals surface area contributed by atoms with Gasteiger partial charge in [-0.3, -0.25) is 4.21 Å². The van der Waals surface area contributed by atoms with E-state index in [9.17, 15) is 4.21 Å². The number of para-hydroxylation sites is 1. The van der Waals surface area contributed by atoms with Gasteiger partial charge in [0.25, 0.3) is 0 Å². The Balaban J connectivity index is 1.31. The quantitative estimate of drug-likeness (QED) is 0.389. The standard InChI is InChI=1S/C29H30N4O3S/c1-20-7-10-25-24(13-20)26(31-17-29(30)18-35-19-29)15-28(32-25)33-11-12-37(34)27-14-23(9-8-21(27)16-33)36-22-5-3-2-4-6-22/h2-10,13-15H,11-12,16-19,30H2,1H3,(H,31,32). The summed E-state index contributed by atoms with van der Waals surface area (Å²) in [6, 6.07) is 23.9. The molecule has 3 aromatic carbocycles. The van der Waals surface area contributed by atoms with Crippen LogP contribution in [0.3, 0.4) is 0 Å². The van der Waals surface area contributed by atoms with Crippen LogP contribution in [0.25, 0.3) is 10.9 Å². The first-order valence-corrected chi connectivity index (χ1v) is 13.8. The van der Waals surface area contributed by atoms with E-state index in [-0.39, 0.29) is 5.54 Å². The molecule has 0 radical (unpaired) electrons. The first kappa shape index (κ1) is 23.9. The van der Waals surface area contributed by atoms with E-state index >= 15 is 0 Å². The Kier molecular flexibility index (Phi) is 6.32. The molecule has 2 aliphatic rings. The number of nitrogens with two attached hydrogens (primary N) is 1. The number of pyridine rings is 1. The second-order valence-electron chi connectivity index (χ2n) is 9.91. The van der Waals surface area contributed by atoms with Gasteiger partial charge in [0.2, 0.25) is 0 Å². The van der Waals surface area contributed by atoms with Crippen LogP contribution >= 0.6 is 0 Å². The van der Waals surface area contributed by atoms with Crippen LogP contribution < -0.4 is 20.7 Å². The van der Waals surface area contributed by atoms with E-state index in [4.69, 9.17) is 20.2 Å². The maximum absolute atomic E-state index is 13.2. The highest BCUT2D eigenvalue weighted by Gasteiger charge is 2.34. The molecule has 7 nitrogen and oxygen atoms in total. The Labute approximate surface area is 219 Å². The number of aromatic nitrogens is 1. The van der Waals surface area contributed by atoms with E-state index in [1.54, 1.807) is 0 Å². The molecule has 1 aromatic heterocycles. The average Bonchev–Trinajstić information content (AvgIpc) is 3.05. The molecular weight excluding hydrogens is 484 g/mol. The van der Waals surface area contributed by atoms with Crippen molar-refractivity contribution >= 4 is 33.2 Å². The number of anilines is 2. The number of nitrogens with zero attached hydrogens (tertiary/aromatic N) is 2. The number of rotatable bonds is 6. The molecule has 1 saturated heterocycles. The van der Waals surface area contributed by atoms with E-state index < -0.39 is 10.8 Å². The number of ether oxygens (including phenoxy) is 2. The maximum atomic E-state index is 13.2. The molecule has 190 valence electrons. The van der Waals surface area contributed by atoms with Gasteiger partial charge in [0.05, 0.1) is 35.1 Å². The molecule has 37 heavy (non-hydrogen) atoms. The van der Waals surface area contributed by atoms with Crippen LogP contribution in [-0.4, -0.2) is 46.8 Å². The van der Waals surface area contributed by atoms with Crippen molar-refractivity contribution in [1.82, 2.24) is 4.98 Å². The zero-order valence-electron chi connectivity index (χ0n) is 20.8. The fourth-order valence-electron chi connectivity index (χ4n) is 4.72. The minimum atomic E-state index is -1.14. The monoisotopic (exact) mass is 514 g/mol. The van der Waals surface area contributed by atoms with Crippen molar-refractivity contribution < 1.29 is 13.7 Å². The number of nitrogens with one attached hydrogen (secondary N) is 1. The van der Waals surface area contributed by atoms with Gasteiger partial charge >= 0.3 is 0 Å². The highest BCUT2D eigenvalue weighted by atomic mass is 32.2. The van der Waals surface area contributed by atoms with Crippen molar-refractivity contribution in [2.24, 2.45) is 5.73 Å². The summed E-state index contributed by atoms with van der Waals surface area (Å²) in [5.41, 5.74) is 10.2. The zero-order chi connectivity index (χ0) is 25.4. The maximum Gasteiger partial charge on any atom is 0.131 e. The summed E-state index contributed by atoms with van der Waals surface area (Å²) in [4.78, 5) is 8.02. The summed E-state index contributed by atoms with van der Waals surface area (Å²) in [5.74, 6) is 2.81. The number of hydrogen-bond donors (Lipinski definition) is 2. The fraction of sp³-hybridized carbons (Fsp3) is 0.276. The first-order chi connectivity index (χ1) is 18.0. The topological polar surface area (TPSA) is 89.7 Å². The minimum absolute atomic E-state index is 0.350. The molecule has 1 unspecified atom stereocenters. The predicted octanol–water partition coefficient (Wildman–Crippen LogP) is 4.60. The van der Waals surface area contributed by atoms with Crippen LogP contribution in [0.4, 0.5) is 11.5 Å². The molecule has 0 saturated carbocycles. The highest BCUT2D eigenvalue weighted by Crippen LogP contribution is 2.33. The van der Waals surface area contributed by atoms with Crippen molar-refractivity contribution in [3.05, 3.63) is 83.9 Å². The van der Waals surface area contributed by atoms with E-state index in [1.807, 2.05) is 48.5 Å². The van der Waals surface area contributed by atoms with Gasteiger partial charge in [-0.15, -0.1) is 0 Å². The van der Waals surface area contributed by atoms with E-state index in [1.165, 1.54) is 5.56 Å². The van der Waals surface area contributed by atoms with Crippen LogP contribution in [-0.2, 0) is 22.1 Å². The molecule has 3 N–H and O–H groups in total. The summed E-state index contributed by atoms with van der Waals surface area (Å²) >= 11 is 0. The Morgan fingerprint density at radius 2 is 1.92 bits per heavy atom. The molecule has 0 amide bonds. The second kappa shape index (κ2) is 9.78. The van der Waals surface area contributed by atoms with E-state index in [0.717, 1.165) is 38.6 Å². The second-order valence-corrected chi connectivity index (χ2v) is 11.5. The molecule has 0 bridgehead atoms. The van der Waals surface area contributed by atoms with Crippen molar-refractivity contribution in [2.45, 2.75) is 23.9 Å². The highest BCUT2D eigenvalue weighted by molar-refractivity contribution is 7.85.